The number of amides is 1. The van der Waals surface area contributed by atoms with Crippen molar-refractivity contribution in [1.29, 1.82) is 0 Å². The number of hydrogen-bond acceptors (Lipinski definition) is 6. The lowest BCUT2D eigenvalue weighted by molar-refractivity contribution is 0.0166. The molecule has 1 aliphatic rings. The van der Waals surface area contributed by atoms with Crippen LogP contribution >= 0.6 is 11.3 Å². The van der Waals surface area contributed by atoms with E-state index in [0.717, 1.165) is 30.8 Å². The molecule has 1 aromatic heterocycles. The molecule has 2 rings (SSSR count). The smallest absolute Gasteiger partial charge is 0.410 e. The summed E-state index contributed by atoms with van der Waals surface area (Å²) in [5, 5.41) is 0.865. The van der Waals surface area contributed by atoms with E-state index in [4.69, 9.17) is 10.5 Å². The maximum atomic E-state index is 12.2. The van der Waals surface area contributed by atoms with E-state index in [2.05, 4.69) is 4.98 Å². The van der Waals surface area contributed by atoms with Gasteiger partial charge in [-0.3, -0.25) is 4.79 Å². The number of ether oxygens (including phenoxy) is 1. The molecule has 0 radical (unpaired) electrons. The number of rotatable bonds is 3. The standard InChI is InChI=1S/C16H25N3O3S/c1-10(20)13-14(17)18-12(23-13)8-11-6-5-7-19(9-11)15(21)22-16(2,3)4/h11H,5-9,17H2,1-4H3. The van der Waals surface area contributed by atoms with Crippen molar-refractivity contribution in [3.8, 4) is 0 Å². The fourth-order valence-electron chi connectivity index (χ4n) is 2.69. The van der Waals surface area contributed by atoms with E-state index in [1.165, 1.54) is 18.3 Å². The summed E-state index contributed by atoms with van der Waals surface area (Å²) in [5.41, 5.74) is 5.30. The van der Waals surface area contributed by atoms with Gasteiger partial charge in [0.05, 0.1) is 5.01 Å². The second-order valence-corrected chi connectivity index (χ2v) is 8.10. The average molecular weight is 339 g/mol. The Labute approximate surface area is 141 Å². The first-order valence-corrected chi connectivity index (χ1v) is 8.71. The summed E-state index contributed by atoms with van der Waals surface area (Å²) in [6, 6.07) is 0. The van der Waals surface area contributed by atoms with Gasteiger partial charge in [0.2, 0.25) is 0 Å². The topological polar surface area (TPSA) is 85.5 Å². The monoisotopic (exact) mass is 339 g/mol. The molecule has 2 heterocycles. The molecule has 0 bridgehead atoms. The van der Waals surface area contributed by atoms with Crippen LogP contribution in [0.25, 0.3) is 0 Å². The molecule has 6 nitrogen and oxygen atoms in total. The summed E-state index contributed by atoms with van der Waals surface area (Å²) < 4.78 is 5.44. The van der Waals surface area contributed by atoms with Gasteiger partial charge in [-0.25, -0.2) is 9.78 Å². The molecule has 128 valence electrons. The van der Waals surface area contributed by atoms with Gasteiger partial charge in [0.25, 0.3) is 0 Å². The number of hydrogen-bond donors (Lipinski definition) is 1. The maximum absolute atomic E-state index is 12.2. The number of thiazole rings is 1. The first-order valence-electron chi connectivity index (χ1n) is 7.89. The molecule has 1 aromatic rings. The zero-order chi connectivity index (χ0) is 17.2. The molecule has 1 aliphatic heterocycles. The predicted octanol–water partition coefficient (Wildman–Crippen LogP) is 3.12. The first-order chi connectivity index (χ1) is 10.7. The van der Waals surface area contributed by atoms with E-state index < -0.39 is 5.60 Å². The number of aromatic nitrogens is 1. The van der Waals surface area contributed by atoms with E-state index in [9.17, 15) is 9.59 Å². The van der Waals surface area contributed by atoms with Gasteiger partial charge in [-0.15, -0.1) is 11.3 Å². The zero-order valence-electron chi connectivity index (χ0n) is 14.2. The Morgan fingerprint density at radius 1 is 1.43 bits per heavy atom. The fraction of sp³-hybridized carbons (Fsp3) is 0.688. The van der Waals surface area contributed by atoms with Gasteiger partial charge < -0.3 is 15.4 Å². The largest absolute Gasteiger partial charge is 0.444 e. The van der Waals surface area contributed by atoms with Crippen LogP contribution in [-0.4, -0.2) is 40.5 Å². The molecule has 1 unspecified atom stereocenters. The van der Waals surface area contributed by atoms with Crippen molar-refractivity contribution in [2.45, 2.75) is 52.6 Å². The molecule has 0 aromatic carbocycles. The third-order valence-corrected chi connectivity index (χ3v) is 4.85. The van der Waals surface area contributed by atoms with Crippen LogP contribution in [0.15, 0.2) is 0 Å². The Hall–Kier alpha value is -1.63. The van der Waals surface area contributed by atoms with Crippen LogP contribution in [-0.2, 0) is 11.2 Å². The van der Waals surface area contributed by atoms with E-state index >= 15 is 0 Å². The Kier molecular flexibility index (Phi) is 5.29. The second-order valence-electron chi connectivity index (χ2n) is 7.02. The second kappa shape index (κ2) is 6.86. The number of Topliss-reactive ketones (excluding diaryl/α,β-unsaturated/α-hetero) is 1. The summed E-state index contributed by atoms with van der Waals surface area (Å²) in [6.07, 6.45) is 2.46. The first kappa shape index (κ1) is 17.7. The fourth-order valence-corrected chi connectivity index (χ4v) is 3.68. The number of piperidine rings is 1. The molecule has 7 heteroatoms. The van der Waals surface area contributed by atoms with Crippen LogP contribution in [0, 0.1) is 5.92 Å². The highest BCUT2D eigenvalue weighted by atomic mass is 32.1. The van der Waals surface area contributed by atoms with Gasteiger partial charge in [-0.05, 0) is 39.5 Å². The number of likely N-dealkylation sites (tertiary alicyclic amines) is 1. The lowest BCUT2D eigenvalue weighted by atomic mass is 9.95. The molecule has 0 spiro atoms. The Balaban J connectivity index is 1.97. The highest BCUT2D eigenvalue weighted by molar-refractivity contribution is 7.14. The van der Waals surface area contributed by atoms with Crippen LogP contribution in [0.4, 0.5) is 10.6 Å². The van der Waals surface area contributed by atoms with Crippen molar-refractivity contribution >= 4 is 29.0 Å². The Morgan fingerprint density at radius 2 is 2.13 bits per heavy atom. The predicted molar refractivity (Wildman–Crippen MR) is 90.8 cm³/mol. The van der Waals surface area contributed by atoms with Gasteiger partial charge in [-0.1, -0.05) is 0 Å². The summed E-state index contributed by atoms with van der Waals surface area (Å²) in [4.78, 5) is 30.2. The third kappa shape index (κ3) is 4.92. The minimum absolute atomic E-state index is 0.0507. The minimum Gasteiger partial charge on any atom is -0.444 e. The van der Waals surface area contributed by atoms with Crippen LogP contribution in [0.2, 0.25) is 0 Å². The van der Waals surface area contributed by atoms with Gasteiger partial charge in [0, 0.05) is 26.4 Å². The quantitative estimate of drug-likeness (QED) is 0.855. The maximum Gasteiger partial charge on any atom is 0.410 e. The Morgan fingerprint density at radius 3 is 2.70 bits per heavy atom. The van der Waals surface area contributed by atoms with Gasteiger partial charge in [0.15, 0.2) is 5.78 Å². The molecular formula is C16H25N3O3S. The molecule has 1 atom stereocenters. The zero-order valence-corrected chi connectivity index (χ0v) is 15.0. The van der Waals surface area contributed by atoms with Gasteiger partial charge in [0.1, 0.15) is 16.3 Å². The molecule has 1 fully saturated rings. The molecule has 1 amide bonds. The SMILES string of the molecule is CC(=O)c1sc(CC2CCCN(C(=O)OC(C)(C)C)C2)nc1N. The number of nitrogens with zero attached hydrogens (tertiary/aromatic N) is 2. The average Bonchev–Trinajstić information content (AvgIpc) is 2.78. The van der Waals surface area contributed by atoms with Crippen LogP contribution in [0.5, 0.6) is 0 Å². The number of carbonyl (C=O) groups excluding carboxylic acids is 2. The highest BCUT2D eigenvalue weighted by Gasteiger charge is 2.28. The third-order valence-electron chi connectivity index (χ3n) is 3.65. The molecule has 0 aliphatic carbocycles. The molecular weight excluding hydrogens is 314 g/mol. The van der Waals surface area contributed by atoms with Crippen molar-refractivity contribution in [3.63, 3.8) is 0 Å². The molecule has 0 saturated carbocycles. The van der Waals surface area contributed by atoms with E-state index in [1.807, 2.05) is 20.8 Å². The lowest BCUT2D eigenvalue weighted by Gasteiger charge is -2.33. The summed E-state index contributed by atoms with van der Waals surface area (Å²) >= 11 is 1.36. The summed E-state index contributed by atoms with van der Waals surface area (Å²) in [6.45, 7) is 8.49. The van der Waals surface area contributed by atoms with E-state index in [-0.39, 0.29) is 11.9 Å². The van der Waals surface area contributed by atoms with Crippen LogP contribution in [0.1, 0.15) is 55.2 Å². The van der Waals surface area contributed by atoms with Crippen molar-refractivity contribution in [2.75, 3.05) is 18.8 Å². The summed E-state index contributed by atoms with van der Waals surface area (Å²) in [5.74, 6) is 0.587. The highest BCUT2D eigenvalue weighted by Crippen LogP contribution is 2.27. The van der Waals surface area contributed by atoms with Crippen LogP contribution in [0.3, 0.4) is 0 Å². The molecule has 2 N–H and O–H groups in total. The molecule has 23 heavy (non-hydrogen) atoms. The Bertz CT molecular complexity index is 592. The molecule has 1 saturated heterocycles. The van der Waals surface area contributed by atoms with E-state index in [1.54, 1.807) is 4.90 Å². The minimum atomic E-state index is -0.482. The number of carbonyl (C=O) groups is 2. The summed E-state index contributed by atoms with van der Waals surface area (Å²) in [7, 11) is 0. The van der Waals surface area contributed by atoms with Crippen LogP contribution < -0.4 is 5.73 Å². The number of ketones is 1. The van der Waals surface area contributed by atoms with Crippen molar-refractivity contribution < 1.29 is 14.3 Å². The normalized spacial score (nSPS) is 18.8. The van der Waals surface area contributed by atoms with E-state index in [0.29, 0.717) is 23.2 Å². The van der Waals surface area contributed by atoms with Gasteiger partial charge >= 0.3 is 6.09 Å². The van der Waals surface area contributed by atoms with Crippen molar-refractivity contribution in [1.82, 2.24) is 9.88 Å². The number of nitrogens with two attached hydrogens (primary N) is 1. The lowest BCUT2D eigenvalue weighted by Crippen LogP contribution is -2.43. The number of anilines is 1. The van der Waals surface area contributed by atoms with Gasteiger partial charge in [-0.2, -0.15) is 0 Å². The van der Waals surface area contributed by atoms with Crippen molar-refractivity contribution in [3.05, 3.63) is 9.88 Å². The van der Waals surface area contributed by atoms with Crippen molar-refractivity contribution in [2.24, 2.45) is 5.92 Å². The number of nitrogen functional groups attached to an aromatic ring is 1.